The minimum atomic E-state index is -0.808. The lowest BCUT2D eigenvalue weighted by atomic mass is 10.2. The Hall–Kier alpha value is -1.88. The van der Waals surface area contributed by atoms with Crippen molar-refractivity contribution < 1.29 is 9.90 Å². The molecule has 0 saturated carbocycles. The highest BCUT2D eigenvalue weighted by molar-refractivity contribution is 5.81. The van der Waals surface area contributed by atoms with Crippen LogP contribution in [0.15, 0.2) is 24.3 Å². The second-order valence-electron chi connectivity index (χ2n) is 4.28. The molecule has 18 heavy (non-hydrogen) atoms. The van der Waals surface area contributed by atoms with Gasteiger partial charge in [0, 0.05) is 19.0 Å². The largest absolute Gasteiger partial charge is 0.480 e. The predicted octanol–water partition coefficient (Wildman–Crippen LogP) is 1.48. The van der Waals surface area contributed by atoms with Crippen molar-refractivity contribution in [3.8, 4) is 0 Å². The molecule has 1 aromatic carbocycles. The number of hydrogen-bond acceptors (Lipinski definition) is 3. The van der Waals surface area contributed by atoms with Gasteiger partial charge in [-0.25, -0.2) is 0 Å². The number of aryl methyl sites for hydroxylation is 1. The molecule has 0 fully saturated rings. The van der Waals surface area contributed by atoms with Crippen molar-refractivity contribution in [1.82, 2.24) is 14.7 Å². The van der Waals surface area contributed by atoms with Gasteiger partial charge in [0.1, 0.15) is 0 Å². The molecule has 5 nitrogen and oxygen atoms in total. The minimum absolute atomic E-state index is 0.0431. The lowest BCUT2D eigenvalue weighted by molar-refractivity contribution is -0.138. The van der Waals surface area contributed by atoms with Gasteiger partial charge in [-0.3, -0.25) is 14.4 Å². The molecule has 0 aliphatic carbocycles. The summed E-state index contributed by atoms with van der Waals surface area (Å²) in [4.78, 5) is 12.6. The van der Waals surface area contributed by atoms with E-state index < -0.39 is 5.97 Å². The highest BCUT2D eigenvalue weighted by Gasteiger charge is 2.13. The molecule has 5 heteroatoms. The van der Waals surface area contributed by atoms with Crippen molar-refractivity contribution in [2.75, 3.05) is 13.1 Å². The number of rotatable bonds is 5. The molecule has 0 unspecified atom stereocenters. The van der Waals surface area contributed by atoms with Gasteiger partial charge in [0.15, 0.2) is 0 Å². The molecule has 0 atom stereocenters. The molecule has 2 rings (SSSR count). The number of hydrogen-bond donors (Lipinski definition) is 1. The summed E-state index contributed by atoms with van der Waals surface area (Å²) in [5.41, 5.74) is 2.00. The molecule has 0 spiro atoms. The first-order chi connectivity index (χ1) is 8.61. The Morgan fingerprint density at radius 1 is 1.44 bits per heavy atom. The fourth-order valence-corrected chi connectivity index (χ4v) is 2.09. The molecule has 0 radical (unpaired) electrons. The number of fused-ring (bicyclic) bond motifs is 1. The normalized spacial score (nSPS) is 11.3. The Labute approximate surface area is 106 Å². The Kier molecular flexibility index (Phi) is 3.62. The number of nitrogens with zero attached hydrogens (tertiary/aromatic N) is 3. The van der Waals surface area contributed by atoms with Crippen LogP contribution in [0.3, 0.4) is 0 Å². The van der Waals surface area contributed by atoms with Gasteiger partial charge in [0.2, 0.25) is 0 Å². The van der Waals surface area contributed by atoms with E-state index in [1.807, 2.05) is 47.8 Å². The van der Waals surface area contributed by atoms with Crippen LogP contribution in [0.25, 0.3) is 10.9 Å². The smallest absolute Gasteiger partial charge is 0.317 e. The molecule has 0 amide bonds. The lowest BCUT2D eigenvalue weighted by Crippen LogP contribution is -2.29. The van der Waals surface area contributed by atoms with E-state index in [1.54, 1.807) is 0 Å². The summed E-state index contributed by atoms with van der Waals surface area (Å²) in [5.74, 6) is -0.808. The number of carboxylic acid groups (broad SMARTS) is 1. The van der Waals surface area contributed by atoms with Gasteiger partial charge in [-0.05, 0) is 12.6 Å². The van der Waals surface area contributed by atoms with Crippen LogP contribution in [0.4, 0.5) is 0 Å². The summed E-state index contributed by atoms with van der Waals surface area (Å²) in [6.07, 6.45) is 0. The molecule has 0 saturated heterocycles. The maximum Gasteiger partial charge on any atom is 0.317 e. The zero-order valence-corrected chi connectivity index (χ0v) is 10.6. The molecule has 1 aromatic heterocycles. The first-order valence-electron chi connectivity index (χ1n) is 5.96. The topological polar surface area (TPSA) is 58.4 Å². The van der Waals surface area contributed by atoms with E-state index in [0.717, 1.165) is 16.6 Å². The zero-order valence-electron chi connectivity index (χ0n) is 10.6. The third kappa shape index (κ3) is 2.51. The maximum atomic E-state index is 10.8. The third-order valence-electron chi connectivity index (χ3n) is 3.01. The summed E-state index contributed by atoms with van der Waals surface area (Å²) < 4.78 is 1.83. The molecule has 0 aliphatic heterocycles. The maximum absolute atomic E-state index is 10.8. The van der Waals surface area contributed by atoms with Crippen molar-refractivity contribution in [3.63, 3.8) is 0 Å². The fourth-order valence-electron chi connectivity index (χ4n) is 2.09. The molecule has 96 valence electrons. The average Bonchev–Trinajstić information content (AvgIpc) is 2.66. The van der Waals surface area contributed by atoms with Crippen LogP contribution in [-0.2, 0) is 18.4 Å². The second kappa shape index (κ2) is 5.18. The van der Waals surface area contributed by atoms with Crippen LogP contribution < -0.4 is 0 Å². The molecular weight excluding hydrogens is 230 g/mol. The Morgan fingerprint density at radius 3 is 2.83 bits per heavy atom. The van der Waals surface area contributed by atoms with Crippen LogP contribution in [0.1, 0.15) is 12.6 Å². The predicted molar refractivity (Wildman–Crippen MR) is 69.3 cm³/mol. The van der Waals surface area contributed by atoms with E-state index in [0.29, 0.717) is 13.1 Å². The van der Waals surface area contributed by atoms with Crippen LogP contribution in [0.5, 0.6) is 0 Å². The summed E-state index contributed by atoms with van der Waals surface area (Å²) >= 11 is 0. The zero-order chi connectivity index (χ0) is 13.1. The van der Waals surface area contributed by atoms with E-state index in [2.05, 4.69) is 5.10 Å². The van der Waals surface area contributed by atoms with Gasteiger partial charge >= 0.3 is 5.97 Å². The van der Waals surface area contributed by atoms with E-state index in [9.17, 15) is 4.79 Å². The van der Waals surface area contributed by atoms with Crippen molar-refractivity contribution in [3.05, 3.63) is 30.0 Å². The summed E-state index contributed by atoms with van der Waals surface area (Å²) in [7, 11) is 1.90. The molecule has 2 aromatic rings. The minimum Gasteiger partial charge on any atom is -0.480 e. The standard InChI is InChI=1S/C13H17N3O2/c1-3-16(9-13(17)18)8-11-10-6-4-5-7-12(10)15(2)14-11/h4-7H,3,8-9H2,1-2H3,(H,17,18). The third-order valence-corrected chi connectivity index (χ3v) is 3.01. The van der Waals surface area contributed by atoms with Gasteiger partial charge in [-0.1, -0.05) is 25.1 Å². The van der Waals surface area contributed by atoms with Crippen molar-refractivity contribution in [1.29, 1.82) is 0 Å². The monoisotopic (exact) mass is 247 g/mol. The Morgan fingerprint density at radius 2 is 2.17 bits per heavy atom. The highest BCUT2D eigenvalue weighted by atomic mass is 16.4. The number of benzene rings is 1. The van der Waals surface area contributed by atoms with Crippen LogP contribution in [0, 0.1) is 0 Å². The van der Waals surface area contributed by atoms with Crippen molar-refractivity contribution >= 4 is 16.9 Å². The van der Waals surface area contributed by atoms with E-state index >= 15 is 0 Å². The second-order valence-corrected chi connectivity index (χ2v) is 4.28. The SMILES string of the molecule is CCN(CC(=O)O)Cc1nn(C)c2ccccc12. The number of carbonyl (C=O) groups is 1. The van der Waals surface area contributed by atoms with E-state index in [1.165, 1.54) is 0 Å². The van der Waals surface area contributed by atoms with Gasteiger partial charge in [0.25, 0.3) is 0 Å². The van der Waals surface area contributed by atoms with Gasteiger partial charge in [0.05, 0.1) is 17.8 Å². The number of likely N-dealkylation sites (N-methyl/N-ethyl adjacent to an activating group) is 1. The fraction of sp³-hybridized carbons (Fsp3) is 0.385. The molecule has 0 aliphatic rings. The summed E-state index contributed by atoms with van der Waals surface area (Å²) in [6, 6.07) is 7.98. The first-order valence-corrected chi connectivity index (χ1v) is 5.96. The molecule has 1 N–H and O–H groups in total. The quantitative estimate of drug-likeness (QED) is 0.869. The van der Waals surface area contributed by atoms with E-state index in [4.69, 9.17) is 5.11 Å². The van der Waals surface area contributed by atoms with Crippen molar-refractivity contribution in [2.24, 2.45) is 7.05 Å². The summed E-state index contributed by atoms with van der Waals surface area (Å²) in [6.45, 7) is 3.25. The Balaban J connectivity index is 2.28. The van der Waals surface area contributed by atoms with Crippen LogP contribution in [-0.4, -0.2) is 38.8 Å². The number of para-hydroxylation sites is 1. The van der Waals surface area contributed by atoms with E-state index in [-0.39, 0.29) is 6.54 Å². The lowest BCUT2D eigenvalue weighted by Gasteiger charge is -2.16. The highest BCUT2D eigenvalue weighted by Crippen LogP contribution is 2.18. The number of carboxylic acids is 1. The Bertz CT molecular complexity index is 562. The average molecular weight is 247 g/mol. The van der Waals surface area contributed by atoms with Gasteiger partial charge in [-0.2, -0.15) is 5.10 Å². The number of aromatic nitrogens is 2. The number of aliphatic carboxylic acids is 1. The van der Waals surface area contributed by atoms with Gasteiger partial charge < -0.3 is 5.11 Å². The summed E-state index contributed by atoms with van der Waals surface area (Å²) in [5, 5.41) is 14.4. The molecule has 0 bridgehead atoms. The van der Waals surface area contributed by atoms with Crippen molar-refractivity contribution in [2.45, 2.75) is 13.5 Å². The molecular formula is C13H17N3O2. The van der Waals surface area contributed by atoms with Crippen LogP contribution >= 0.6 is 0 Å². The first kappa shape index (κ1) is 12.6. The van der Waals surface area contributed by atoms with Gasteiger partial charge in [-0.15, -0.1) is 0 Å². The molecule has 1 heterocycles. The van der Waals surface area contributed by atoms with Crippen LogP contribution in [0.2, 0.25) is 0 Å².